The van der Waals surface area contributed by atoms with Gasteiger partial charge in [0.15, 0.2) is 11.0 Å². The summed E-state index contributed by atoms with van der Waals surface area (Å²) in [7, 11) is 0. The predicted octanol–water partition coefficient (Wildman–Crippen LogP) is 7.04. The average Bonchev–Trinajstić information content (AvgIpc) is 3.25. The summed E-state index contributed by atoms with van der Waals surface area (Å²) < 4.78 is 18.1. The van der Waals surface area contributed by atoms with Crippen molar-refractivity contribution >= 4 is 11.0 Å². The third-order valence-corrected chi connectivity index (χ3v) is 9.49. The van der Waals surface area contributed by atoms with Crippen molar-refractivity contribution in [1.29, 1.82) is 0 Å². The van der Waals surface area contributed by atoms with Crippen LogP contribution in [-0.2, 0) is 20.4 Å². The Kier molecular flexibility index (Phi) is 4.97. The second-order valence-corrected chi connectivity index (χ2v) is 11.0. The Balaban J connectivity index is 1.55. The van der Waals surface area contributed by atoms with Crippen LogP contribution in [0.25, 0.3) is 28.1 Å². The fraction of sp³-hybridized carbons (Fsp3) is 0.364. The van der Waals surface area contributed by atoms with Gasteiger partial charge >= 0.3 is 0 Å². The Bertz CT molecular complexity index is 1540. The molecule has 1 saturated carbocycles. The van der Waals surface area contributed by atoms with Crippen molar-refractivity contribution < 1.29 is 14.0 Å². The second-order valence-electron chi connectivity index (χ2n) is 11.0. The van der Waals surface area contributed by atoms with E-state index in [4.69, 9.17) is 9.47 Å². The molecule has 0 N–H and O–H groups in total. The van der Waals surface area contributed by atoms with Gasteiger partial charge in [0, 0.05) is 17.8 Å². The smallest absolute Gasteiger partial charge is 0.295 e. The number of ether oxygens (including phenoxy) is 2. The maximum atomic E-state index is 6.48. The van der Waals surface area contributed by atoms with E-state index in [1.807, 2.05) is 0 Å². The zero-order valence-electron chi connectivity index (χ0n) is 22.1. The van der Waals surface area contributed by atoms with E-state index in [9.17, 15) is 0 Å². The first-order chi connectivity index (χ1) is 18.1. The molecular formula is C33H35N2O2+. The molecule has 0 amide bonds. The molecule has 3 aliphatic rings. The number of benzene rings is 3. The summed E-state index contributed by atoms with van der Waals surface area (Å²) >= 11 is 0. The molecule has 4 heteroatoms. The molecule has 0 bridgehead atoms. The third-order valence-electron chi connectivity index (χ3n) is 9.49. The summed E-state index contributed by atoms with van der Waals surface area (Å²) in [5, 5.41) is 0. The molecule has 1 fully saturated rings. The maximum absolute atomic E-state index is 6.48. The standard InChI is InChI=1S/C33H35N2O2/c1-5-32-21-27(31-36-22(3)20-23(4)37-31)33(32,6-2)26-17-11-10-16-25(26)30-34(24-14-8-7-9-15-24)28-18-12-13-19-29(28)35(30)32/h7-20,22,27,31H,5-6,21H2,1-4H3/q+1. The molecule has 0 saturated heterocycles. The van der Waals surface area contributed by atoms with Gasteiger partial charge in [0.1, 0.15) is 11.2 Å². The van der Waals surface area contributed by atoms with Crippen LogP contribution in [-0.4, -0.2) is 17.0 Å². The molecule has 0 spiro atoms. The molecule has 3 heterocycles. The van der Waals surface area contributed by atoms with Gasteiger partial charge < -0.3 is 9.47 Å². The van der Waals surface area contributed by atoms with Crippen LogP contribution < -0.4 is 4.57 Å². The van der Waals surface area contributed by atoms with E-state index >= 15 is 0 Å². The minimum atomic E-state index is -0.239. The molecule has 1 aliphatic carbocycles. The minimum Gasteiger partial charge on any atom is -0.469 e. The molecule has 1 aromatic heterocycles. The quantitative estimate of drug-likeness (QED) is 0.286. The van der Waals surface area contributed by atoms with E-state index in [1.165, 1.54) is 33.7 Å². The Morgan fingerprint density at radius 2 is 1.65 bits per heavy atom. The summed E-state index contributed by atoms with van der Waals surface area (Å²) in [6.45, 7) is 8.92. The van der Waals surface area contributed by atoms with Crippen molar-refractivity contribution in [2.24, 2.45) is 5.92 Å². The summed E-state index contributed by atoms with van der Waals surface area (Å²) in [4.78, 5) is 0. The van der Waals surface area contributed by atoms with Crippen molar-refractivity contribution in [3.63, 3.8) is 0 Å². The first-order valence-electron chi connectivity index (χ1n) is 13.8. The number of imidazole rings is 1. The third kappa shape index (κ3) is 2.80. The zero-order valence-corrected chi connectivity index (χ0v) is 22.1. The Labute approximate surface area is 219 Å². The van der Waals surface area contributed by atoms with Gasteiger partial charge in [0.05, 0.1) is 17.4 Å². The molecule has 5 atom stereocenters. The van der Waals surface area contributed by atoms with Crippen molar-refractivity contribution in [3.8, 4) is 17.1 Å². The summed E-state index contributed by atoms with van der Waals surface area (Å²) in [5.74, 6) is 2.52. The van der Waals surface area contributed by atoms with Crippen molar-refractivity contribution in [2.45, 2.75) is 70.3 Å². The highest BCUT2D eigenvalue weighted by Crippen LogP contribution is 2.67. The van der Waals surface area contributed by atoms with E-state index in [0.29, 0.717) is 0 Å². The monoisotopic (exact) mass is 491 g/mol. The van der Waals surface area contributed by atoms with Crippen LogP contribution in [0.5, 0.6) is 0 Å². The van der Waals surface area contributed by atoms with Crippen LogP contribution in [0.15, 0.2) is 90.7 Å². The van der Waals surface area contributed by atoms with E-state index in [0.717, 1.165) is 25.0 Å². The topological polar surface area (TPSA) is 27.3 Å². The number of nitrogens with zero attached hydrogens (tertiary/aromatic N) is 2. The molecule has 4 aromatic rings. The van der Waals surface area contributed by atoms with Gasteiger partial charge in [-0.15, -0.1) is 0 Å². The normalized spacial score (nSPS) is 29.9. The van der Waals surface area contributed by atoms with E-state index in [2.05, 4.69) is 122 Å². The number of fused-ring (bicyclic) bond motifs is 8. The van der Waals surface area contributed by atoms with Crippen LogP contribution in [0.3, 0.4) is 0 Å². The first kappa shape index (κ1) is 22.8. The molecule has 188 valence electrons. The largest absolute Gasteiger partial charge is 0.469 e. The van der Waals surface area contributed by atoms with E-state index in [-0.39, 0.29) is 29.3 Å². The van der Waals surface area contributed by atoms with Crippen LogP contribution in [0.4, 0.5) is 0 Å². The zero-order chi connectivity index (χ0) is 25.4. The van der Waals surface area contributed by atoms with Crippen LogP contribution in [0.1, 0.15) is 52.5 Å². The molecule has 4 nitrogen and oxygen atoms in total. The molecule has 37 heavy (non-hydrogen) atoms. The fourth-order valence-electron chi connectivity index (χ4n) is 8.16. The van der Waals surface area contributed by atoms with Gasteiger partial charge in [-0.1, -0.05) is 62.4 Å². The number of hydrogen-bond donors (Lipinski definition) is 0. The maximum Gasteiger partial charge on any atom is 0.295 e. The number of allylic oxidation sites excluding steroid dienone is 1. The fourth-order valence-corrected chi connectivity index (χ4v) is 8.16. The lowest BCUT2D eigenvalue weighted by atomic mass is 9.41. The number of para-hydroxylation sites is 3. The van der Waals surface area contributed by atoms with Gasteiger partial charge in [-0.2, -0.15) is 4.57 Å². The SMILES string of the molecule is CCC12c3ccccc3-c3n(-c4ccccc4)c4ccccc4[n+]3C1(CC)CC2C1OC(C)=CC(C)O1. The predicted molar refractivity (Wildman–Crippen MR) is 146 cm³/mol. The summed E-state index contributed by atoms with van der Waals surface area (Å²) in [6, 6.07) is 28.8. The minimum absolute atomic E-state index is 0.0614. The van der Waals surface area contributed by atoms with Gasteiger partial charge in [0.2, 0.25) is 6.29 Å². The van der Waals surface area contributed by atoms with Gasteiger partial charge in [0.25, 0.3) is 5.82 Å². The number of aromatic nitrogens is 2. The van der Waals surface area contributed by atoms with E-state index in [1.54, 1.807) is 0 Å². The molecular weight excluding hydrogens is 456 g/mol. The van der Waals surface area contributed by atoms with Crippen molar-refractivity contribution in [1.82, 2.24) is 4.57 Å². The summed E-state index contributed by atoms with van der Waals surface area (Å²) in [6.07, 6.45) is 5.00. The van der Waals surface area contributed by atoms with E-state index < -0.39 is 0 Å². The molecule has 0 radical (unpaired) electrons. The highest BCUT2D eigenvalue weighted by Gasteiger charge is 2.74. The Morgan fingerprint density at radius 1 is 0.919 bits per heavy atom. The first-order valence-corrected chi connectivity index (χ1v) is 13.8. The highest BCUT2D eigenvalue weighted by atomic mass is 16.7. The van der Waals surface area contributed by atoms with Crippen molar-refractivity contribution in [3.05, 3.63) is 96.3 Å². The molecule has 3 aromatic carbocycles. The number of rotatable bonds is 4. The van der Waals surface area contributed by atoms with Crippen LogP contribution in [0.2, 0.25) is 0 Å². The van der Waals surface area contributed by atoms with Crippen molar-refractivity contribution in [2.75, 3.05) is 0 Å². The molecule has 7 rings (SSSR count). The molecule has 2 aliphatic heterocycles. The Hall–Kier alpha value is -3.37. The highest BCUT2D eigenvalue weighted by molar-refractivity contribution is 5.81. The van der Waals surface area contributed by atoms with Gasteiger partial charge in [-0.3, -0.25) is 0 Å². The average molecular weight is 492 g/mol. The van der Waals surface area contributed by atoms with Gasteiger partial charge in [-0.25, -0.2) is 4.57 Å². The number of hydrogen-bond acceptors (Lipinski definition) is 2. The lowest BCUT2D eigenvalue weighted by Crippen LogP contribution is -2.80. The lowest BCUT2D eigenvalue weighted by molar-refractivity contribution is -0.769. The van der Waals surface area contributed by atoms with Crippen LogP contribution in [0, 0.1) is 5.92 Å². The second kappa shape index (κ2) is 8.06. The Morgan fingerprint density at radius 3 is 2.41 bits per heavy atom. The van der Waals surface area contributed by atoms with Crippen LogP contribution >= 0.6 is 0 Å². The lowest BCUT2D eigenvalue weighted by Gasteiger charge is -2.65. The van der Waals surface area contributed by atoms with Gasteiger partial charge in [-0.05, 0) is 68.7 Å². The molecule has 5 unspecified atom stereocenters. The summed E-state index contributed by atoms with van der Waals surface area (Å²) in [5.41, 5.74) is 6.33.